The molecular weight excluding hydrogens is 216 g/mol. The van der Waals surface area contributed by atoms with E-state index in [0.717, 1.165) is 4.34 Å². The van der Waals surface area contributed by atoms with Crippen LogP contribution in [0.1, 0.15) is 5.69 Å². The van der Waals surface area contributed by atoms with Gasteiger partial charge in [-0.05, 0) is 11.8 Å². The summed E-state index contributed by atoms with van der Waals surface area (Å²) >= 11 is 2.87. The molecule has 0 fully saturated rings. The van der Waals surface area contributed by atoms with Gasteiger partial charge in [-0.15, -0.1) is 11.3 Å². The van der Waals surface area contributed by atoms with Crippen LogP contribution in [0.4, 0.5) is 0 Å². The van der Waals surface area contributed by atoms with Crippen molar-refractivity contribution in [3.8, 4) is 6.07 Å². The molecule has 4 nitrogen and oxygen atoms in total. The molecule has 0 aliphatic rings. The van der Waals surface area contributed by atoms with Crippen molar-refractivity contribution < 1.29 is 0 Å². The molecule has 0 N–H and O–H groups in total. The van der Waals surface area contributed by atoms with Crippen LogP contribution in [0.3, 0.4) is 0 Å². The molecular formula is C8H4N4S2. The molecule has 2 aromatic heterocycles. The summed E-state index contributed by atoms with van der Waals surface area (Å²) < 4.78 is 0.863. The maximum atomic E-state index is 8.76. The first-order valence-corrected chi connectivity index (χ1v) is 5.38. The van der Waals surface area contributed by atoms with Crippen molar-refractivity contribution in [3.05, 3.63) is 29.7 Å². The number of nitriles is 1. The van der Waals surface area contributed by atoms with Gasteiger partial charge in [-0.3, -0.25) is 0 Å². The lowest BCUT2D eigenvalue weighted by Crippen LogP contribution is -1.89. The zero-order valence-corrected chi connectivity index (χ0v) is 8.55. The molecule has 2 aromatic rings. The second-order valence-electron chi connectivity index (χ2n) is 2.22. The minimum absolute atomic E-state index is 0.340. The van der Waals surface area contributed by atoms with E-state index in [9.17, 15) is 0 Å². The third-order valence-corrected chi connectivity index (χ3v) is 3.24. The lowest BCUT2D eigenvalue weighted by Gasteiger charge is -1.96. The fraction of sp³-hybridized carbons (Fsp3) is 0. The number of rotatable bonds is 2. The minimum atomic E-state index is 0.340. The monoisotopic (exact) mass is 220 g/mol. The van der Waals surface area contributed by atoms with Gasteiger partial charge in [-0.1, -0.05) is 0 Å². The summed E-state index contributed by atoms with van der Waals surface area (Å²) in [5.74, 6) is 0. The zero-order chi connectivity index (χ0) is 9.80. The molecule has 0 aliphatic carbocycles. The molecule has 14 heavy (non-hydrogen) atoms. The maximum Gasteiger partial charge on any atom is 0.173 e. The SMILES string of the molecule is N#Cc1nccnc1Sc1nccs1. The van der Waals surface area contributed by atoms with Crippen LogP contribution in [-0.4, -0.2) is 15.0 Å². The smallest absolute Gasteiger partial charge is 0.173 e. The van der Waals surface area contributed by atoms with Gasteiger partial charge in [0.15, 0.2) is 10.0 Å². The van der Waals surface area contributed by atoms with Crippen LogP contribution in [0.25, 0.3) is 0 Å². The molecule has 0 saturated carbocycles. The van der Waals surface area contributed by atoms with Gasteiger partial charge >= 0.3 is 0 Å². The quantitative estimate of drug-likeness (QED) is 0.774. The number of thiazole rings is 1. The summed E-state index contributed by atoms with van der Waals surface area (Å²) in [6.45, 7) is 0. The third-order valence-electron chi connectivity index (χ3n) is 1.36. The van der Waals surface area contributed by atoms with Crippen LogP contribution >= 0.6 is 23.1 Å². The Bertz CT molecular complexity index is 460. The van der Waals surface area contributed by atoms with Crippen LogP contribution in [-0.2, 0) is 0 Å². The molecule has 0 spiro atoms. The van der Waals surface area contributed by atoms with E-state index in [1.807, 2.05) is 11.4 Å². The first kappa shape index (κ1) is 9.12. The van der Waals surface area contributed by atoms with Crippen LogP contribution in [0.15, 0.2) is 33.3 Å². The number of hydrogen-bond donors (Lipinski definition) is 0. The molecule has 2 heterocycles. The average molecular weight is 220 g/mol. The predicted molar refractivity (Wildman–Crippen MR) is 53.0 cm³/mol. The van der Waals surface area contributed by atoms with Gasteiger partial charge in [0.2, 0.25) is 0 Å². The molecule has 0 bridgehead atoms. The Morgan fingerprint density at radius 1 is 1.21 bits per heavy atom. The molecule has 0 atom stereocenters. The molecule has 0 saturated heterocycles. The lowest BCUT2D eigenvalue weighted by molar-refractivity contribution is 1.02. The van der Waals surface area contributed by atoms with Gasteiger partial charge in [0.05, 0.1) is 0 Å². The van der Waals surface area contributed by atoms with Gasteiger partial charge in [-0.2, -0.15) is 5.26 Å². The summed E-state index contributed by atoms with van der Waals surface area (Å²) in [7, 11) is 0. The predicted octanol–water partition coefficient (Wildman–Crippen LogP) is 1.96. The standard InChI is InChI=1S/C8H4N4S2/c9-5-6-7(11-2-1-10-6)14-8-12-3-4-13-8/h1-4H. The molecule has 0 aliphatic heterocycles. The minimum Gasteiger partial charge on any atom is -0.245 e. The van der Waals surface area contributed by atoms with Gasteiger partial charge in [-0.25, -0.2) is 15.0 Å². The molecule has 2 rings (SSSR count). The van der Waals surface area contributed by atoms with Crippen molar-refractivity contribution in [1.29, 1.82) is 5.26 Å². The molecule has 6 heteroatoms. The van der Waals surface area contributed by atoms with E-state index in [4.69, 9.17) is 5.26 Å². The molecule has 0 radical (unpaired) electrons. The van der Waals surface area contributed by atoms with Gasteiger partial charge < -0.3 is 0 Å². The summed E-state index contributed by atoms with van der Waals surface area (Å²) in [5.41, 5.74) is 0.340. The Morgan fingerprint density at radius 2 is 2.07 bits per heavy atom. The van der Waals surface area contributed by atoms with E-state index in [2.05, 4.69) is 15.0 Å². The van der Waals surface area contributed by atoms with Crippen molar-refractivity contribution >= 4 is 23.1 Å². The highest BCUT2D eigenvalue weighted by Crippen LogP contribution is 2.28. The van der Waals surface area contributed by atoms with Crippen molar-refractivity contribution in [3.63, 3.8) is 0 Å². The Morgan fingerprint density at radius 3 is 2.79 bits per heavy atom. The molecule has 68 valence electrons. The Balaban J connectivity index is 2.30. The Kier molecular flexibility index (Phi) is 2.72. The van der Waals surface area contributed by atoms with E-state index in [-0.39, 0.29) is 0 Å². The van der Waals surface area contributed by atoms with Crippen LogP contribution < -0.4 is 0 Å². The van der Waals surface area contributed by atoms with Crippen LogP contribution in [0.5, 0.6) is 0 Å². The Hall–Kier alpha value is -1.45. The molecule has 0 aromatic carbocycles. The van der Waals surface area contributed by atoms with E-state index >= 15 is 0 Å². The van der Waals surface area contributed by atoms with Crippen molar-refractivity contribution in [2.24, 2.45) is 0 Å². The summed E-state index contributed by atoms with van der Waals surface area (Å²) in [6.07, 6.45) is 4.79. The van der Waals surface area contributed by atoms with E-state index < -0.39 is 0 Å². The topological polar surface area (TPSA) is 62.5 Å². The normalized spacial score (nSPS) is 9.64. The average Bonchev–Trinajstić information content (AvgIpc) is 2.71. The highest BCUT2D eigenvalue weighted by atomic mass is 32.2. The third kappa shape index (κ3) is 1.89. The maximum absolute atomic E-state index is 8.76. The largest absolute Gasteiger partial charge is 0.245 e. The van der Waals surface area contributed by atoms with Crippen molar-refractivity contribution in [2.75, 3.05) is 0 Å². The second kappa shape index (κ2) is 4.17. The fourth-order valence-corrected chi connectivity index (χ4v) is 2.36. The molecule has 0 unspecified atom stereocenters. The summed E-state index contributed by atoms with van der Waals surface area (Å²) in [5, 5.41) is 11.2. The van der Waals surface area contributed by atoms with Crippen LogP contribution in [0, 0.1) is 11.3 Å². The first-order valence-electron chi connectivity index (χ1n) is 3.68. The van der Waals surface area contributed by atoms with E-state index in [1.165, 1.54) is 29.3 Å². The lowest BCUT2D eigenvalue weighted by atomic mass is 10.5. The number of aromatic nitrogens is 3. The summed E-state index contributed by atoms with van der Waals surface area (Å²) in [6, 6.07) is 1.99. The number of nitrogens with zero attached hydrogens (tertiary/aromatic N) is 4. The Labute approximate surface area is 88.7 Å². The van der Waals surface area contributed by atoms with E-state index in [0.29, 0.717) is 10.7 Å². The van der Waals surface area contributed by atoms with Crippen molar-refractivity contribution in [2.45, 2.75) is 9.37 Å². The molecule has 0 amide bonds. The first-order chi connectivity index (χ1) is 6.90. The summed E-state index contributed by atoms with van der Waals surface area (Å²) in [4.78, 5) is 12.1. The highest BCUT2D eigenvalue weighted by molar-refractivity contribution is 8.01. The highest BCUT2D eigenvalue weighted by Gasteiger charge is 2.07. The second-order valence-corrected chi connectivity index (χ2v) is 4.35. The fourth-order valence-electron chi connectivity index (χ4n) is 0.820. The zero-order valence-electron chi connectivity index (χ0n) is 6.91. The van der Waals surface area contributed by atoms with Gasteiger partial charge in [0.1, 0.15) is 11.1 Å². The number of hydrogen-bond acceptors (Lipinski definition) is 6. The van der Waals surface area contributed by atoms with Crippen molar-refractivity contribution in [1.82, 2.24) is 15.0 Å². The van der Waals surface area contributed by atoms with E-state index in [1.54, 1.807) is 12.4 Å². The van der Waals surface area contributed by atoms with Gasteiger partial charge in [0, 0.05) is 24.0 Å². The van der Waals surface area contributed by atoms with Crippen LogP contribution in [0.2, 0.25) is 0 Å². The van der Waals surface area contributed by atoms with Gasteiger partial charge in [0.25, 0.3) is 0 Å².